The van der Waals surface area contributed by atoms with E-state index in [9.17, 15) is 4.79 Å². The number of hydrogen-bond donors (Lipinski definition) is 1. The summed E-state index contributed by atoms with van der Waals surface area (Å²) >= 11 is 0. The quantitative estimate of drug-likeness (QED) is 0.786. The standard InChI is InChI=1S/C21H21N3O2/c1-24-17-12-6-5-11-16(17)22-20(24)19(15-9-3-2-4-10-15)23-21(25)18-13-7-8-14-26-18/h2-6,9-13,19H,7-8,14H2,1H3,(H,23,25)/t19-/m0/s1. The number of ether oxygens (including phenoxy) is 1. The van der Waals surface area contributed by atoms with Crippen molar-refractivity contribution in [3.05, 3.63) is 77.8 Å². The number of benzene rings is 2. The molecule has 1 N–H and O–H groups in total. The van der Waals surface area contributed by atoms with Crippen molar-refractivity contribution in [2.45, 2.75) is 18.9 Å². The highest BCUT2D eigenvalue weighted by atomic mass is 16.5. The van der Waals surface area contributed by atoms with Crippen LogP contribution in [0.3, 0.4) is 0 Å². The molecular weight excluding hydrogens is 326 g/mol. The molecule has 1 aliphatic heterocycles. The third kappa shape index (κ3) is 3.08. The average molecular weight is 347 g/mol. The molecule has 4 rings (SSSR count). The Kier molecular flexibility index (Phi) is 4.44. The molecule has 0 saturated carbocycles. The van der Waals surface area contributed by atoms with Crippen molar-refractivity contribution in [2.75, 3.05) is 6.61 Å². The summed E-state index contributed by atoms with van der Waals surface area (Å²) < 4.78 is 7.55. The first-order chi connectivity index (χ1) is 12.7. The maximum Gasteiger partial charge on any atom is 0.286 e. The smallest absolute Gasteiger partial charge is 0.286 e. The summed E-state index contributed by atoms with van der Waals surface area (Å²) in [5.74, 6) is 0.990. The highest BCUT2D eigenvalue weighted by Gasteiger charge is 2.25. The molecule has 1 aliphatic rings. The van der Waals surface area contributed by atoms with Gasteiger partial charge in [0.15, 0.2) is 5.76 Å². The Morgan fingerprint density at radius 1 is 1.15 bits per heavy atom. The molecule has 3 aromatic rings. The number of carbonyl (C=O) groups excluding carboxylic acids is 1. The number of hydrogen-bond acceptors (Lipinski definition) is 3. The third-order valence-corrected chi connectivity index (χ3v) is 4.65. The highest BCUT2D eigenvalue weighted by molar-refractivity contribution is 5.92. The van der Waals surface area contributed by atoms with Gasteiger partial charge in [-0.05, 0) is 36.6 Å². The van der Waals surface area contributed by atoms with Gasteiger partial charge in [-0.2, -0.15) is 0 Å². The largest absolute Gasteiger partial charge is 0.488 e. The zero-order valence-electron chi connectivity index (χ0n) is 14.7. The Bertz CT molecular complexity index is 960. The van der Waals surface area contributed by atoms with Crippen molar-refractivity contribution in [2.24, 2.45) is 7.05 Å². The van der Waals surface area contributed by atoms with Gasteiger partial charge in [0.25, 0.3) is 5.91 Å². The number of amides is 1. The Hall–Kier alpha value is -3.08. The number of fused-ring (bicyclic) bond motifs is 1. The summed E-state index contributed by atoms with van der Waals surface area (Å²) in [7, 11) is 1.98. The summed E-state index contributed by atoms with van der Waals surface area (Å²) in [6.07, 6.45) is 3.67. The summed E-state index contributed by atoms with van der Waals surface area (Å²) in [5.41, 5.74) is 2.93. The molecule has 1 atom stereocenters. The van der Waals surface area contributed by atoms with Crippen molar-refractivity contribution in [3.63, 3.8) is 0 Å². The van der Waals surface area contributed by atoms with Crippen LogP contribution in [-0.4, -0.2) is 22.1 Å². The van der Waals surface area contributed by atoms with E-state index in [1.54, 1.807) is 0 Å². The number of nitrogens with zero attached hydrogens (tertiary/aromatic N) is 2. The molecule has 0 saturated heterocycles. The molecule has 0 aliphatic carbocycles. The normalized spacial score (nSPS) is 15.2. The number of para-hydroxylation sites is 2. The lowest BCUT2D eigenvalue weighted by Crippen LogP contribution is -2.33. The number of allylic oxidation sites excluding steroid dienone is 1. The van der Waals surface area contributed by atoms with Gasteiger partial charge in [-0.3, -0.25) is 4.79 Å². The topological polar surface area (TPSA) is 56.2 Å². The van der Waals surface area contributed by atoms with Gasteiger partial charge in [0.05, 0.1) is 17.6 Å². The van der Waals surface area contributed by atoms with Crippen LogP contribution in [0.2, 0.25) is 0 Å². The number of imidazole rings is 1. The Balaban J connectivity index is 1.74. The maximum atomic E-state index is 12.7. The van der Waals surface area contributed by atoms with Crippen molar-refractivity contribution in [1.29, 1.82) is 0 Å². The second-order valence-corrected chi connectivity index (χ2v) is 6.39. The number of nitrogens with one attached hydrogen (secondary N) is 1. The predicted octanol–water partition coefficient (Wildman–Crippen LogP) is 3.47. The average Bonchev–Trinajstić information content (AvgIpc) is 3.04. The molecule has 0 unspecified atom stereocenters. The summed E-state index contributed by atoms with van der Waals surface area (Å²) in [6.45, 7) is 0.585. The molecule has 132 valence electrons. The van der Waals surface area contributed by atoms with Crippen molar-refractivity contribution in [1.82, 2.24) is 14.9 Å². The van der Waals surface area contributed by atoms with Gasteiger partial charge in [-0.1, -0.05) is 42.5 Å². The van der Waals surface area contributed by atoms with E-state index in [1.165, 1.54) is 0 Å². The Morgan fingerprint density at radius 3 is 2.65 bits per heavy atom. The summed E-state index contributed by atoms with van der Waals surface area (Å²) in [5, 5.41) is 3.11. The molecule has 2 heterocycles. The third-order valence-electron chi connectivity index (χ3n) is 4.65. The van der Waals surface area contributed by atoms with Crippen LogP contribution < -0.4 is 5.32 Å². The molecule has 5 nitrogen and oxygen atoms in total. The fourth-order valence-electron chi connectivity index (χ4n) is 3.28. The van der Waals surface area contributed by atoms with Crippen LogP contribution in [0.15, 0.2) is 66.4 Å². The van der Waals surface area contributed by atoms with Crippen LogP contribution in [0.1, 0.15) is 30.3 Å². The minimum absolute atomic E-state index is 0.203. The van der Waals surface area contributed by atoms with Gasteiger partial charge in [-0.25, -0.2) is 4.98 Å². The molecule has 1 amide bonds. The first-order valence-electron chi connectivity index (χ1n) is 8.84. The van der Waals surface area contributed by atoms with E-state index in [1.807, 2.05) is 72.3 Å². The van der Waals surface area contributed by atoms with Gasteiger partial charge in [0.1, 0.15) is 11.9 Å². The van der Waals surface area contributed by atoms with Crippen LogP contribution in [0, 0.1) is 0 Å². The van der Waals surface area contributed by atoms with E-state index in [0.717, 1.165) is 35.3 Å². The Labute approximate surface area is 152 Å². The van der Waals surface area contributed by atoms with Crippen LogP contribution in [0.5, 0.6) is 0 Å². The zero-order chi connectivity index (χ0) is 17.9. The van der Waals surface area contributed by atoms with Crippen molar-refractivity contribution >= 4 is 16.9 Å². The van der Waals surface area contributed by atoms with Gasteiger partial charge in [0, 0.05) is 7.05 Å². The molecule has 5 heteroatoms. The summed E-state index contributed by atoms with van der Waals surface area (Å²) in [6, 6.07) is 17.5. The SMILES string of the molecule is Cn1c([C@@H](NC(=O)C2=CCCCO2)c2ccccc2)nc2ccccc21. The molecule has 2 aromatic carbocycles. The monoisotopic (exact) mass is 347 g/mol. The number of aryl methyl sites for hydroxylation is 1. The van der Waals surface area contributed by atoms with E-state index in [4.69, 9.17) is 9.72 Å². The van der Waals surface area contributed by atoms with E-state index < -0.39 is 0 Å². The van der Waals surface area contributed by atoms with Gasteiger partial charge >= 0.3 is 0 Å². The van der Waals surface area contributed by atoms with Crippen molar-refractivity contribution in [3.8, 4) is 0 Å². The summed E-state index contributed by atoms with van der Waals surface area (Å²) in [4.78, 5) is 17.5. The van der Waals surface area contributed by atoms with Crippen LogP contribution in [-0.2, 0) is 16.6 Å². The minimum atomic E-state index is -0.354. The van der Waals surface area contributed by atoms with Crippen molar-refractivity contribution < 1.29 is 9.53 Å². The fourth-order valence-corrected chi connectivity index (χ4v) is 3.28. The van der Waals surface area contributed by atoms with Crippen LogP contribution in [0.25, 0.3) is 11.0 Å². The van der Waals surface area contributed by atoms with Crippen LogP contribution >= 0.6 is 0 Å². The minimum Gasteiger partial charge on any atom is -0.488 e. The van der Waals surface area contributed by atoms with Gasteiger partial charge < -0.3 is 14.6 Å². The molecule has 1 aromatic heterocycles. The fraction of sp³-hybridized carbons (Fsp3) is 0.238. The number of aromatic nitrogens is 2. The van der Waals surface area contributed by atoms with E-state index in [0.29, 0.717) is 12.4 Å². The maximum absolute atomic E-state index is 12.7. The molecular formula is C21H21N3O2. The molecule has 26 heavy (non-hydrogen) atoms. The lowest BCUT2D eigenvalue weighted by molar-refractivity contribution is -0.121. The first kappa shape index (κ1) is 16.4. The van der Waals surface area contributed by atoms with E-state index in [-0.39, 0.29) is 11.9 Å². The second kappa shape index (κ2) is 7.04. The molecule has 0 spiro atoms. The number of carbonyl (C=O) groups is 1. The van der Waals surface area contributed by atoms with E-state index >= 15 is 0 Å². The Morgan fingerprint density at radius 2 is 1.92 bits per heavy atom. The van der Waals surface area contributed by atoms with Crippen LogP contribution in [0.4, 0.5) is 0 Å². The molecule has 0 bridgehead atoms. The lowest BCUT2D eigenvalue weighted by atomic mass is 10.1. The van der Waals surface area contributed by atoms with Gasteiger partial charge in [0.2, 0.25) is 0 Å². The highest BCUT2D eigenvalue weighted by Crippen LogP contribution is 2.25. The molecule has 0 radical (unpaired) electrons. The van der Waals surface area contributed by atoms with Gasteiger partial charge in [-0.15, -0.1) is 0 Å². The van der Waals surface area contributed by atoms with E-state index in [2.05, 4.69) is 5.32 Å². The number of rotatable bonds is 4. The predicted molar refractivity (Wildman–Crippen MR) is 100 cm³/mol. The second-order valence-electron chi connectivity index (χ2n) is 6.39. The first-order valence-corrected chi connectivity index (χ1v) is 8.84. The lowest BCUT2D eigenvalue weighted by Gasteiger charge is -2.21. The zero-order valence-corrected chi connectivity index (χ0v) is 14.7. The molecule has 0 fully saturated rings.